The number of benzene rings is 2. The van der Waals surface area contributed by atoms with E-state index in [0.717, 1.165) is 12.0 Å². The molecule has 1 fully saturated rings. The second-order valence-electron chi connectivity index (χ2n) is 5.67. The average molecular weight is 252 g/mol. The van der Waals surface area contributed by atoms with Crippen molar-refractivity contribution in [1.29, 1.82) is 0 Å². The van der Waals surface area contributed by atoms with E-state index in [1.165, 1.54) is 16.7 Å². The van der Waals surface area contributed by atoms with Gasteiger partial charge in [0.1, 0.15) is 0 Å². The highest BCUT2D eigenvalue weighted by atomic mass is 16.3. The predicted molar refractivity (Wildman–Crippen MR) is 78.2 cm³/mol. The topological polar surface area (TPSA) is 20.2 Å². The second kappa shape index (κ2) is 4.82. The lowest BCUT2D eigenvalue weighted by atomic mass is 9.94. The standard InChI is InChI=1S/C18H20O/c1-12-7-6-8-13(2)17(12)18(19)16-11-15(16)14-9-4-3-5-10-14/h3-10,15-16,18-19H,11H2,1-2H3. The Morgan fingerprint density at radius 3 is 2.21 bits per heavy atom. The minimum atomic E-state index is -0.327. The number of aryl methyl sites for hydroxylation is 2. The summed E-state index contributed by atoms with van der Waals surface area (Å²) in [5.41, 5.74) is 4.89. The Morgan fingerprint density at radius 2 is 1.58 bits per heavy atom. The lowest BCUT2D eigenvalue weighted by Crippen LogP contribution is -2.06. The van der Waals surface area contributed by atoms with Crippen molar-refractivity contribution in [2.45, 2.75) is 32.3 Å². The van der Waals surface area contributed by atoms with Crippen LogP contribution in [-0.4, -0.2) is 5.11 Å². The molecule has 98 valence electrons. The fraction of sp³-hybridized carbons (Fsp3) is 0.333. The molecule has 2 aromatic rings. The molecule has 0 radical (unpaired) electrons. The summed E-state index contributed by atoms with van der Waals surface area (Å²) in [6.45, 7) is 4.18. The summed E-state index contributed by atoms with van der Waals surface area (Å²) in [5.74, 6) is 0.900. The van der Waals surface area contributed by atoms with Crippen LogP contribution in [0.4, 0.5) is 0 Å². The first-order valence-electron chi connectivity index (χ1n) is 6.97. The summed E-state index contributed by atoms with van der Waals surface area (Å²) in [6, 6.07) is 16.8. The largest absolute Gasteiger partial charge is 0.388 e. The molecule has 0 aromatic heterocycles. The summed E-state index contributed by atoms with van der Waals surface area (Å²) < 4.78 is 0. The Balaban J connectivity index is 1.82. The van der Waals surface area contributed by atoms with Gasteiger partial charge in [0, 0.05) is 0 Å². The Kier molecular flexibility index (Phi) is 3.16. The van der Waals surface area contributed by atoms with Crippen molar-refractivity contribution in [2.75, 3.05) is 0 Å². The Bertz CT molecular complexity index is 553. The van der Waals surface area contributed by atoms with Gasteiger partial charge < -0.3 is 5.11 Å². The number of rotatable bonds is 3. The Labute approximate surface area is 114 Å². The molecule has 0 spiro atoms. The number of aliphatic hydroxyl groups excluding tert-OH is 1. The van der Waals surface area contributed by atoms with Gasteiger partial charge in [0.15, 0.2) is 0 Å². The predicted octanol–water partition coefficient (Wildman–Crippen LogP) is 4.14. The van der Waals surface area contributed by atoms with Gasteiger partial charge in [-0.05, 0) is 54.4 Å². The normalized spacial score (nSPS) is 23.1. The smallest absolute Gasteiger partial charge is 0.0829 e. The first-order chi connectivity index (χ1) is 9.18. The molecule has 1 aliphatic carbocycles. The molecule has 1 heteroatoms. The third-order valence-corrected chi connectivity index (χ3v) is 4.31. The van der Waals surface area contributed by atoms with E-state index < -0.39 is 0 Å². The lowest BCUT2D eigenvalue weighted by molar-refractivity contribution is 0.150. The molecule has 0 aliphatic heterocycles. The van der Waals surface area contributed by atoms with E-state index in [-0.39, 0.29) is 6.10 Å². The summed E-state index contributed by atoms with van der Waals surface area (Å²) in [5, 5.41) is 10.7. The van der Waals surface area contributed by atoms with Crippen LogP contribution in [0.5, 0.6) is 0 Å². The maximum absolute atomic E-state index is 10.7. The van der Waals surface area contributed by atoms with Crippen LogP contribution in [0.25, 0.3) is 0 Å². The molecule has 0 saturated heterocycles. The minimum Gasteiger partial charge on any atom is -0.388 e. The van der Waals surface area contributed by atoms with Crippen molar-refractivity contribution in [3.8, 4) is 0 Å². The first-order valence-corrected chi connectivity index (χ1v) is 6.97. The van der Waals surface area contributed by atoms with Gasteiger partial charge in [0.05, 0.1) is 6.10 Å². The highest BCUT2D eigenvalue weighted by Crippen LogP contribution is 2.54. The third kappa shape index (κ3) is 2.31. The molecule has 3 unspecified atom stereocenters. The summed E-state index contributed by atoms with van der Waals surface area (Å²) in [4.78, 5) is 0. The van der Waals surface area contributed by atoms with E-state index in [9.17, 15) is 5.11 Å². The zero-order chi connectivity index (χ0) is 13.4. The minimum absolute atomic E-state index is 0.327. The Morgan fingerprint density at radius 1 is 0.947 bits per heavy atom. The van der Waals surface area contributed by atoms with Crippen molar-refractivity contribution in [3.05, 3.63) is 70.8 Å². The van der Waals surface area contributed by atoms with Crippen molar-refractivity contribution in [1.82, 2.24) is 0 Å². The van der Waals surface area contributed by atoms with Crippen molar-refractivity contribution in [3.63, 3.8) is 0 Å². The number of hydrogen-bond acceptors (Lipinski definition) is 1. The van der Waals surface area contributed by atoms with Gasteiger partial charge >= 0.3 is 0 Å². The molecule has 3 rings (SSSR count). The summed E-state index contributed by atoms with van der Waals surface area (Å²) >= 11 is 0. The number of hydrogen-bond donors (Lipinski definition) is 1. The highest BCUT2D eigenvalue weighted by molar-refractivity contribution is 5.38. The van der Waals surface area contributed by atoms with Gasteiger partial charge in [-0.1, -0.05) is 48.5 Å². The molecular weight excluding hydrogens is 232 g/mol. The zero-order valence-corrected chi connectivity index (χ0v) is 11.5. The number of aliphatic hydroxyl groups is 1. The van der Waals surface area contributed by atoms with Crippen LogP contribution >= 0.6 is 0 Å². The van der Waals surface area contributed by atoms with Gasteiger partial charge in [0.25, 0.3) is 0 Å². The molecule has 1 saturated carbocycles. The molecular formula is C18H20O. The van der Waals surface area contributed by atoms with Gasteiger partial charge in [-0.2, -0.15) is 0 Å². The van der Waals surface area contributed by atoms with E-state index in [1.54, 1.807) is 0 Å². The van der Waals surface area contributed by atoms with Gasteiger partial charge in [-0.15, -0.1) is 0 Å². The Hall–Kier alpha value is -1.60. The van der Waals surface area contributed by atoms with Gasteiger partial charge in [-0.3, -0.25) is 0 Å². The summed E-state index contributed by atoms with van der Waals surface area (Å²) in [6.07, 6.45) is 0.769. The molecule has 0 heterocycles. The second-order valence-corrected chi connectivity index (χ2v) is 5.67. The molecule has 3 atom stereocenters. The third-order valence-electron chi connectivity index (χ3n) is 4.31. The van der Waals surface area contributed by atoms with Crippen LogP contribution in [0.2, 0.25) is 0 Å². The van der Waals surface area contributed by atoms with Crippen LogP contribution < -0.4 is 0 Å². The quantitative estimate of drug-likeness (QED) is 0.870. The molecule has 1 nitrogen and oxygen atoms in total. The molecule has 0 amide bonds. The molecule has 19 heavy (non-hydrogen) atoms. The van der Waals surface area contributed by atoms with Crippen LogP contribution in [-0.2, 0) is 0 Å². The van der Waals surface area contributed by atoms with Gasteiger partial charge in [0.2, 0.25) is 0 Å². The van der Waals surface area contributed by atoms with Crippen molar-refractivity contribution >= 4 is 0 Å². The van der Waals surface area contributed by atoms with Gasteiger partial charge in [-0.25, -0.2) is 0 Å². The monoisotopic (exact) mass is 252 g/mol. The van der Waals surface area contributed by atoms with Crippen LogP contribution in [0.1, 0.15) is 40.7 Å². The SMILES string of the molecule is Cc1cccc(C)c1C(O)C1CC1c1ccccc1. The van der Waals surface area contributed by atoms with Crippen LogP contribution in [0.15, 0.2) is 48.5 Å². The average Bonchev–Trinajstić information content (AvgIpc) is 3.19. The van der Waals surface area contributed by atoms with E-state index in [1.807, 2.05) is 6.07 Å². The first kappa shape index (κ1) is 12.4. The van der Waals surface area contributed by atoms with Crippen molar-refractivity contribution < 1.29 is 5.11 Å². The van der Waals surface area contributed by atoms with E-state index in [2.05, 4.69) is 56.3 Å². The fourth-order valence-corrected chi connectivity index (χ4v) is 3.16. The van der Waals surface area contributed by atoms with E-state index in [4.69, 9.17) is 0 Å². The zero-order valence-electron chi connectivity index (χ0n) is 11.5. The van der Waals surface area contributed by atoms with Crippen LogP contribution in [0.3, 0.4) is 0 Å². The van der Waals surface area contributed by atoms with E-state index >= 15 is 0 Å². The van der Waals surface area contributed by atoms with E-state index in [0.29, 0.717) is 11.8 Å². The molecule has 2 aromatic carbocycles. The summed E-state index contributed by atoms with van der Waals surface area (Å²) in [7, 11) is 0. The molecule has 0 bridgehead atoms. The molecule has 1 aliphatic rings. The van der Waals surface area contributed by atoms with Crippen molar-refractivity contribution in [2.24, 2.45) is 5.92 Å². The fourth-order valence-electron chi connectivity index (χ4n) is 3.16. The highest BCUT2D eigenvalue weighted by Gasteiger charge is 2.44. The molecule has 1 N–H and O–H groups in total. The maximum Gasteiger partial charge on any atom is 0.0829 e. The maximum atomic E-state index is 10.7. The van der Waals surface area contributed by atoms with Crippen LogP contribution in [0, 0.1) is 19.8 Å². The lowest BCUT2D eigenvalue weighted by Gasteiger charge is -2.16.